The predicted octanol–water partition coefficient (Wildman–Crippen LogP) is 5.69. The average Bonchev–Trinajstić information content (AvgIpc) is 3.47. The van der Waals surface area contributed by atoms with Crippen molar-refractivity contribution in [1.29, 1.82) is 0 Å². The van der Waals surface area contributed by atoms with Gasteiger partial charge in [0.15, 0.2) is 5.82 Å². The van der Waals surface area contributed by atoms with Gasteiger partial charge < -0.3 is 16.4 Å². The first kappa shape index (κ1) is 31.4. The van der Waals surface area contributed by atoms with E-state index in [0.29, 0.717) is 40.1 Å². The number of hydrogen-bond acceptors (Lipinski definition) is 7. The molecule has 0 bridgehead atoms. The molecule has 9 nitrogen and oxygen atoms in total. The van der Waals surface area contributed by atoms with Gasteiger partial charge in [0.1, 0.15) is 16.9 Å². The van der Waals surface area contributed by atoms with E-state index in [4.69, 9.17) is 33.9 Å². The van der Waals surface area contributed by atoms with Gasteiger partial charge in [-0.3, -0.25) is 19.1 Å². The number of fused-ring (bicyclic) bond motifs is 3. The lowest BCUT2D eigenvalue weighted by molar-refractivity contribution is -0.122. The summed E-state index contributed by atoms with van der Waals surface area (Å²) >= 11 is 14.0. The number of aryl methyl sites for hydroxylation is 2. The van der Waals surface area contributed by atoms with E-state index in [1.54, 1.807) is 29.5 Å². The number of carbonyl (C=O) groups excluding carboxylic acids is 2. The SMILES string of the molecule is Cc1sc2c(c1C)C(c1ccc(Cl)cc1)=N[C@@H](CC(=O)NCCCC(=O)Nc1ccc(Cl)c(C#CCN)c1)c1nnc(C)n1-2. The molecule has 0 aliphatic carbocycles. The van der Waals surface area contributed by atoms with E-state index in [0.717, 1.165) is 33.2 Å². The van der Waals surface area contributed by atoms with E-state index < -0.39 is 6.04 Å². The summed E-state index contributed by atoms with van der Waals surface area (Å²) in [5.74, 6) is 6.61. The van der Waals surface area contributed by atoms with Crippen molar-refractivity contribution in [3.63, 3.8) is 0 Å². The van der Waals surface area contributed by atoms with E-state index in [1.807, 2.05) is 35.8 Å². The molecule has 0 radical (unpaired) electrons. The smallest absolute Gasteiger partial charge is 0.224 e. The van der Waals surface area contributed by atoms with Crippen LogP contribution >= 0.6 is 34.5 Å². The molecule has 5 rings (SSSR count). The lowest BCUT2D eigenvalue weighted by Crippen LogP contribution is -2.27. The molecule has 0 unspecified atom stereocenters. The molecule has 0 fully saturated rings. The Labute approximate surface area is 269 Å². The molecule has 3 heterocycles. The van der Waals surface area contributed by atoms with Crippen molar-refractivity contribution in [1.82, 2.24) is 20.1 Å². The van der Waals surface area contributed by atoms with Crippen LogP contribution < -0.4 is 16.4 Å². The lowest BCUT2D eigenvalue weighted by atomic mass is 9.99. The van der Waals surface area contributed by atoms with Gasteiger partial charge in [0.05, 0.1) is 23.7 Å². The van der Waals surface area contributed by atoms with Crippen LogP contribution in [0.1, 0.15) is 64.1 Å². The Morgan fingerprint density at radius 1 is 1.07 bits per heavy atom. The summed E-state index contributed by atoms with van der Waals surface area (Å²) in [6, 6.07) is 12.1. The van der Waals surface area contributed by atoms with Gasteiger partial charge >= 0.3 is 0 Å². The average molecular weight is 649 g/mol. The molecule has 1 atom stereocenters. The molecule has 0 saturated carbocycles. The summed E-state index contributed by atoms with van der Waals surface area (Å²) in [4.78, 5) is 32.0. The van der Waals surface area contributed by atoms with Crippen molar-refractivity contribution in [3.05, 3.63) is 91.3 Å². The zero-order valence-corrected chi connectivity index (χ0v) is 26.8. The van der Waals surface area contributed by atoms with Gasteiger partial charge in [-0.1, -0.05) is 47.2 Å². The number of aliphatic imine (C=N–C) groups is 1. The van der Waals surface area contributed by atoms with Crippen molar-refractivity contribution in [2.45, 2.75) is 46.1 Å². The Balaban J connectivity index is 1.27. The van der Waals surface area contributed by atoms with Crippen molar-refractivity contribution < 1.29 is 9.59 Å². The highest BCUT2D eigenvalue weighted by Gasteiger charge is 2.32. The molecule has 2 aromatic carbocycles. The summed E-state index contributed by atoms with van der Waals surface area (Å²) in [7, 11) is 0. The second-order valence-electron chi connectivity index (χ2n) is 10.3. The topological polar surface area (TPSA) is 127 Å². The second-order valence-corrected chi connectivity index (χ2v) is 12.4. The summed E-state index contributed by atoms with van der Waals surface area (Å²) < 4.78 is 2.01. The molecule has 226 valence electrons. The molecule has 1 aliphatic rings. The van der Waals surface area contributed by atoms with Gasteiger partial charge in [-0.15, -0.1) is 21.5 Å². The molecule has 0 spiro atoms. The number of hydrogen-bond donors (Lipinski definition) is 3. The summed E-state index contributed by atoms with van der Waals surface area (Å²) in [5.41, 5.74) is 10.4. The van der Waals surface area contributed by atoms with E-state index in [2.05, 4.69) is 46.5 Å². The number of amides is 2. The normalized spacial score (nSPS) is 13.6. The number of benzene rings is 2. The fraction of sp³-hybridized carbons (Fsp3) is 0.281. The van der Waals surface area contributed by atoms with Crippen LogP contribution in [0.2, 0.25) is 10.0 Å². The first-order chi connectivity index (χ1) is 21.2. The first-order valence-corrected chi connectivity index (χ1v) is 15.6. The van der Waals surface area contributed by atoms with Gasteiger partial charge in [0.2, 0.25) is 11.8 Å². The van der Waals surface area contributed by atoms with Crippen LogP contribution in [-0.2, 0) is 9.59 Å². The monoisotopic (exact) mass is 647 g/mol. The predicted molar refractivity (Wildman–Crippen MR) is 176 cm³/mol. The highest BCUT2D eigenvalue weighted by Crippen LogP contribution is 2.39. The molecule has 12 heteroatoms. The molecule has 2 aromatic heterocycles. The number of nitrogens with two attached hydrogens (primary N) is 1. The van der Waals surface area contributed by atoms with E-state index >= 15 is 0 Å². The van der Waals surface area contributed by atoms with Gasteiger partial charge in [0, 0.05) is 45.2 Å². The van der Waals surface area contributed by atoms with Crippen molar-refractivity contribution in [2.75, 3.05) is 18.4 Å². The maximum Gasteiger partial charge on any atom is 0.224 e. The highest BCUT2D eigenvalue weighted by molar-refractivity contribution is 7.15. The largest absolute Gasteiger partial charge is 0.356 e. The number of nitrogens with zero attached hydrogens (tertiary/aromatic N) is 4. The van der Waals surface area contributed by atoms with Crippen LogP contribution in [0.4, 0.5) is 5.69 Å². The molecule has 1 aliphatic heterocycles. The Bertz CT molecular complexity index is 1820. The molecular formula is C32H31Cl2N7O2S. The van der Waals surface area contributed by atoms with Crippen LogP contribution in [-0.4, -0.2) is 45.4 Å². The van der Waals surface area contributed by atoms with Gasteiger partial charge in [0.25, 0.3) is 0 Å². The zero-order chi connectivity index (χ0) is 31.4. The molecule has 44 heavy (non-hydrogen) atoms. The van der Waals surface area contributed by atoms with Crippen LogP contribution in [0.15, 0.2) is 47.5 Å². The maximum absolute atomic E-state index is 13.2. The minimum absolute atomic E-state index is 0.0752. The van der Waals surface area contributed by atoms with E-state index in [-0.39, 0.29) is 31.2 Å². The lowest BCUT2D eigenvalue weighted by Gasteiger charge is -2.13. The molecule has 2 amide bonds. The number of rotatable bonds is 8. The van der Waals surface area contributed by atoms with Crippen LogP contribution in [0.5, 0.6) is 0 Å². The van der Waals surface area contributed by atoms with Crippen molar-refractivity contribution >= 4 is 57.8 Å². The fourth-order valence-corrected chi connectivity index (χ4v) is 6.43. The van der Waals surface area contributed by atoms with Crippen LogP contribution in [0.25, 0.3) is 5.00 Å². The summed E-state index contributed by atoms with van der Waals surface area (Å²) in [6.45, 7) is 6.62. The third-order valence-electron chi connectivity index (χ3n) is 7.21. The van der Waals surface area contributed by atoms with Crippen LogP contribution in [0.3, 0.4) is 0 Å². The van der Waals surface area contributed by atoms with Gasteiger partial charge in [-0.2, -0.15) is 0 Å². The summed E-state index contributed by atoms with van der Waals surface area (Å²) in [5, 5.41) is 16.7. The standard InChI is InChI=1S/C32H31Cl2N7O2S/c1-18-19(2)44-32-29(18)30(21-8-10-23(33)11-9-21)38-26(31-40-39-20(3)41(31)32)17-28(43)36-15-5-7-27(42)37-24-12-13-25(34)22(16-24)6-4-14-35/h8-13,16,26H,5,7,14-15,17,35H2,1-3H3,(H,36,43)(H,37,42)/t26-/m0/s1. The van der Waals surface area contributed by atoms with Gasteiger partial charge in [-0.25, -0.2) is 0 Å². The quantitative estimate of drug-likeness (QED) is 0.167. The van der Waals surface area contributed by atoms with Crippen molar-refractivity contribution in [2.24, 2.45) is 10.7 Å². The molecule has 4 aromatic rings. The fourth-order valence-electron chi connectivity index (χ4n) is 4.93. The first-order valence-electron chi connectivity index (χ1n) is 14.1. The number of nitrogens with one attached hydrogen (secondary N) is 2. The Kier molecular flexibility index (Phi) is 9.81. The number of carbonyl (C=O) groups is 2. The number of thiophene rings is 1. The molecule has 4 N–H and O–H groups in total. The number of aromatic nitrogens is 3. The highest BCUT2D eigenvalue weighted by atomic mass is 35.5. The summed E-state index contributed by atoms with van der Waals surface area (Å²) in [6.07, 6.45) is 0.757. The Morgan fingerprint density at radius 3 is 2.59 bits per heavy atom. The molecular weight excluding hydrogens is 617 g/mol. The maximum atomic E-state index is 13.2. The third-order valence-corrected chi connectivity index (χ3v) is 8.99. The van der Waals surface area contributed by atoms with Crippen molar-refractivity contribution in [3.8, 4) is 16.8 Å². The van der Waals surface area contributed by atoms with E-state index in [9.17, 15) is 9.59 Å². The minimum Gasteiger partial charge on any atom is -0.356 e. The Hall–Kier alpha value is -4.01. The van der Waals surface area contributed by atoms with Crippen LogP contribution in [0, 0.1) is 32.6 Å². The van der Waals surface area contributed by atoms with E-state index in [1.165, 1.54) is 4.88 Å². The van der Waals surface area contributed by atoms with Gasteiger partial charge in [-0.05, 0) is 63.1 Å². The molecule has 0 saturated heterocycles. The minimum atomic E-state index is -0.564. The second kappa shape index (κ2) is 13.7. The third kappa shape index (κ3) is 6.87. The number of anilines is 1. The number of halogens is 2. The Morgan fingerprint density at radius 2 is 1.84 bits per heavy atom. The zero-order valence-electron chi connectivity index (χ0n) is 24.5.